The van der Waals surface area contributed by atoms with Crippen LogP contribution < -0.4 is 26.6 Å². The number of carbonyl (C=O) groups is 2. The molecule has 3 aromatic rings. The molecule has 9 heteroatoms. The van der Waals surface area contributed by atoms with Gasteiger partial charge in [-0.2, -0.15) is 0 Å². The van der Waals surface area contributed by atoms with Gasteiger partial charge in [0.2, 0.25) is 0 Å². The number of allylic oxidation sites excluding steroid dienone is 1. The van der Waals surface area contributed by atoms with Crippen LogP contribution in [-0.4, -0.2) is 50.3 Å². The van der Waals surface area contributed by atoms with Gasteiger partial charge in [-0.3, -0.25) is 9.59 Å². The summed E-state index contributed by atoms with van der Waals surface area (Å²) in [5.41, 5.74) is 9.52. The van der Waals surface area contributed by atoms with Crippen molar-refractivity contribution < 1.29 is 24.5 Å². The van der Waals surface area contributed by atoms with E-state index in [4.69, 9.17) is 4.74 Å². The minimum Gasteiger partial charge on any atom is -0.510 e. The van der Waals surface area contributed by atoms with Gasteiger partial charge >= 0.3 is 11.9 Å². The number of H-pyrrole nitrogens is 3. The summed E-state index contributed by atoms with van der Waals surface area (Å²) in [6, 6.07) is -0.424. The van der Waals surface area contributed by atoms with Gasteiger partial charge in [0, 0.05) is 56.6 Å². The van der Waals surface area contributed by atoms with Crippen LogP contribution in [0.25, 0.3) is 35.6 Å². The molecule has 6 N–H and O–H groups in total. The second kappa shape index (κ2) is 10.8. The Morgan fingerprint density at radius 1 is 1.00 bits per heavy atom. The molecule has 1 unspecified atom stereocenters. The minimum absolute atomic E-state index is 0.0166. The van der Waals surface area contributed by atoms with E-state index < -0.39 is 23.9 Å². The van der Waals surface area contributed by atoms with E-state index in [-0.39, 0.29) is 24.0 Å². The first-order valence-electron chi connectivity index (χ1n) is 15.2. The normalized spacial score (nSPS) is 24.5. The molecule has 5 heterocycles. The average molecular weight is 597 g/mol. The fourth-order valence-electron chi connectivity index (χ4n) is 7.57. The second-order valence-electron chi connectivity index (χ2n) is 12.2. The Labute approximate surface area is 255 Å². The minimum atomic E-state index is -1.00. The predicted octanol–water partition coefficient (Wildman–Crippen LogP) is 2.52. The molecule has 2 aliphatic heterocycles. The molecule has 1 fully saturated rings. The molecule has 0 aromatic carbocycles. The number of ether oxygens (including phenoxy) is 1. The zero-order chi connectivity index (χ0) is 31.6. The van der Waals surface area contributed by atoms with Crippen molar-refractivity contribution in [1.29, 1.82) is 0 Å². The van der Waals surface area contributed by atoms with Crippen molar-refractivity contribution in [3.8, 4) is 0 Å². The molecule has 6 rings (SSSR count). The van der Waals surface area contributed by atoms with Gasteiger partial charge in [-0.15, -0.1) is 0 Å². The Morgan fingerprint density at radius 2 is 1.70 bits per heavy atom. The molecule has 230 valence electrons. The van der Waals surface area contributed by atoms with E-state index in [9.17, 15) is 19.8 Å². The van der Waals surface area contributed by atoms with Gasteiger partial charge in [-0.25, -0.2) is 0 Å². The van der Waals surface area contributed by atoms with Crippen molar-refractivity contribution in [2.75, 3.05) is 7.11 Å². The number of aliphatic hydroxyl groups excluding tert-OH is 1. The zero-order valence-corrected chi connectivity index (χ0v) is 26.1. The Kier molecular flexibility index (Phi) is 7.22. The lowest BCUT2D eigenvalue weighted by Crippen LogP contribution is -2.38. The molecule has 3 aromatic heterocycles. The van der Waals surface area contributed by atoms with Crippen LogP contribution in [0.2, 0.25) is 0 Å². The molecular weight excluding hydrogens is 556 g/mol. The molecule has 1 aliphatic carbocycles. The van der Waals surface area contributed by atoms with Crippen LogP contribution in [0, 0.1) is 38.5 Å². The molecule has 1 saturated heterocycles. The predicted molar refractivity (Wildman–Crippen MR) is 171 cm³/mol. The summed E-state index contributed by atoms with van der Waals surface area (Å²) in [5.74, 6) is -2.71. The highest BCUT2D eigenvalue weighted by molar-refractivity contribution is 5.95. The van der Waals surface area contributed by atoms with Crippen molar-refractivity contribution >= 4 is 47.6 Å². The number of carboxylic acids is 1. The Balaban J connectivity index is 1.73. The lowest BCUT2D eigenvalue weighted by molar-refractivity contribution is -0.142. The van der Waals surface area contributed by atoms with E-state index >= 15 is 0 Å². The number of aromatic nitrogens is 3. The summed E-state index contributed by atoms with van der Waals surface area (Å²) < 4.78 is 5.21. The Morgan fingerprint density at radius 3 is 2.36 bits per heavy atom. The number of carbonyl (C=O) groups excluding carboxylic acids is 1. The summed E-state index contributed by atoms with van der Waals surface area (Å²) in [7, 11) is 1.32. The van der Waals surface area contributed by atoms with Crippen LogP contribution in [-0.2, 0) is 20.7 Å². The molecule has 44 heavy (non-hydrogen) atoms. The Hall–Kier alpha value is -4.66. The standard InChI is InChI=1S/C35H40N4O5/c1-8-19-15(3)22-12-24-17(5)21(10-11-28(40)41)32(38-24)30-31(35(43)44-7)34(42)29-18(6)25(39-33(29)30)14-27-20(9-2)16(4)23(37-27)13-26(19)36-22/h8,12-14,17,21,31-32,36-39,42H,1,9-11H2,2-7H3,(H,40,41)/b23-13-,24-12-,27-14-/t17-,21-,31+,32?/m0/s1. The van der Waals surface area contributed by atoms with E-state index in [1.54, 1.807) is 0 Å². The van der Waals surface area contributed by atoms with Crippen LogP contribution in [0.5, 0.6) is 0 Å². The fraction of sp³-hybridized carbons (Fsp3) is 0.371. The number of hydrogen-bond donors (Lipinski definition) is 6. The second-order valence-corrected chi connectivity index (χ2v) is 12.2. The molecule has 0 amide bonds. The summed E-state index contributed by atoms with van der Waals surface area (Å²) in [6.07, 6.45) is 9.34. The summed E-state index contributed by atoms with van der Waals surface area (Å²) in [5, 5.41) is 28.2. The number of hydrogen-bond acceptors (Lipinski definition) is 5. The van der Waals surface area contributed by atoms with Crippen LogP contribution in [0.15, 0.2) is 12.3 Å². The van der Waals surface area contributed by atoms with E-state index in [1.165, 1.54) is 12.7 Å². The number of aliphatic hydroxyl groups is 1. The molecule has 4 atom stereocenters. The number of carboxylic acid groups (broad SMARTS) is 1. The van der Waals surface area contributed by atoms with E-state index in [0.29, 0.717) is 22.6 Å². The maximum Gasteiger partial charge on any atom is 0.320 e. The number of esters is 1. The number of aromatic amines is 3. The topological polar surface area (TPSA) is 143 Å². The SMILES string of the molecule is C=Cc1c2[nH]c(c1C)/C=C1\NC(C3=c4[nH]c(c(C)c4=C(O)[C@@H]3C(=O)OC)/C=c3\[nH]/c(c(C)c3CC)=C\2)[C@@H](CCC(=O)O)[C@@H]1C. The number of methoxy groups -OCH3 is 1. The molecule has 3 aliphatic rings. The molecule has 9 nitrogen and oxygen atoms in total. The molecule has 0 saturated carbocycles. The lowest BCUT2D eigenvalue weighted by atomic mass is 9.80. The molecule has 0 spiro atoms. The third-order valence-corrected chi connectivity index (χ3v) is 10.0. The number of rotatable bonds is 6. The first kappa shape index (κ1) is 29.4. The lowest BCUT2D eigenvalue weighted by Gasteiger charge is -2.26. The highest BCUT2D eigenvalue weighted by Gasteiger charge is 2.46. The van der Waals surface area contributed by atoms with Gasteiger partial charge < -0.3 is 35.2 Å². The van der Waals surface area contributed by atoms with Crippen molar-refractivity contribution in [3.05, 3.63) is 78.4 Å². The molecule has 8 bridgehead atoms. The maximum absolute atomic E-state index is 13.3. The van der Waals surface area contributed by atoms with Crippen molar-refractivity contribution in [2.45, 2.75) is 59.9 Å². The first-order chi connectivity index (χ1) is 21.0. The quantitative estimate of drug-likeness (QED) is 0.242. The van der Waals surface area contributed by atoms with Gasteiger partial charge in [-0.05, 0) is 85.6 Å². The number of nitrogens with one attached hydrogen (secondary N) is 4. The first-order valence-corrected chi connectivity index (χ1v) is 15.2. The third kappa shape index (κ3) is 4.36. The van der Waals surface area contributed by atoms with Crippen molar-refractivity contribution in [2.24, 2.45) is 17.8 Å². The highest BCUT2D eigenvalue weighted by Crippen LogP contribution is 2.42. The largest absolute Gasteiger partial charge is 0.510 e. The van der Waals surface area contributed by atoms with Crippen molar-refractivity contribution in [3.63, 3.8) is 0 Å². The summed E-state index contributed by atoms with van der Waals surface area (Å²) in [6.45, 7) is 14.4. The summed E-state index contributed by atoms with van der Waals surface area (Å²) in [4.78, 5) is 35.8. The van der Waals surface area contributed by atoms with Gasteiger partial charge in [0.25, 0.3) is 0 Å². The smallest absolute Gasteiger partial charge is 0.320 e. The van der Waals surface area contributed by atoms with E-state index in [1.807, 2.05) is 13.0 Å². The van der Waals surface area contributed by atoms with Crippen LogP contribution in [0.1, 0.15) is 71.6 Å². The van der Waals surface area contributed by atoms with Crippen LogP contribution >= 0.6 is 0 Å². The van der Waals surface area contributed by atoms with Crippen LogP contribution in [0.3, 0.4) is 0 Å². The average Bonchev–Trinajstić information content (AvgIpc) is 3.72. The van der Waals surface area contributed by atoms with Crippen molar-refractivity contribution in [1.82, 2.24) is 20.3 Å². The summed E-state index contributed by atoms with van der Waals surface area (Å²) >= 11 is 0. The van der Waals surface area contributed by atoms with Gasteiger partial charge in [0.15, 0.2) is 0 Å². The number of fused-ring (bicyclic) bond motifs is 8. The fourth-order valence-corrected chi connectivity index (χ4v) is 7.57. The van der Waals surface area contributed by atoms with E-state index in [0.717, 1.165) is 62.2 Å². The van der Waals surface area contributed by atoms with Gasteiger partial charge in [0.1, 0.15) is 11.7 Å². The third-order valence-electron chi connectivity index (χ3n) is 10.0. The number of aliphatic carboxylic acids is 1. The van der Waals surface area contributed by atoms with Crippen LogP contribution in [0.4, 0.5) is 0 Å². The van der Waals surface area contributed by atoms with Gasteiger partial charge in [0.05, 0.1) is 18.5 Å². The Bertz CT molecular complexity index is 2020. The highest BCUT2D eigenvalue weighted by atomic mass is 16.5. The maximum atomic E-state index is 13.3. The van der Waals surface area contributed by atoms with E-state index in [2.05, 4.69) is 72.8 Å². The molecule has 0 radical (unpaired) electrons. The molecular formula is C35H40N4O5. The monoisotopic (exact) mass is 596 g/mol. The van der Waals surface area contributed by atoms with Gasteiger partial charge in [-0.1, -0.05) is 26.5 Å². The zero-order valence-electron chi connectivity index (χ0n) is 26.1.